The minimum atomic E-state index is -5.39. The Morgan fingerprint density at radius 3 is 0.304 bits per heavy atom. The number of phosphoric acid groups is 4. The Morgan fingerprint density at radius 1 is 0.304 bits per heavy atom. The van der Waals surface area contributed by atoms with Gasteiger partial charge in [-0.1, -0.05) is 0 Å². The van der Waals surface area contributed by atoms with Crippen LogP contribution in [-0.2, 0) is 73.9 Å². The van der Waals surface area contributed by atoms with E-state index in [-0.39, 0.29) is 55.7 Å². The van der Waals surface area contributed by atoms with Gasteiger partial charge in [0.1, 0.15) is 0 Å². The van der Waals surface area contributed by atoms with Gasteiger partial charge in [0.2, 0.25) is 0 Å². The molecule has 0 N–H and O–H groups in total. The van der Waals surface area contributed by atoms with Gasteiger partial charge in [0.15, 0.2) is 0 Å². The van der Waals surface area contributed by atoms with E-state index in [2.05, 4.69) is 0 Å². The molecule has 131 valence electrons. The largest absolute Gasteiger partial charge is 4.00 e. The van der Waals surface area contributed by atoms with Crippen LogP contribution >= 0.6 is 31.3 Å². The van der Waals surface area contributed by atoms with Crippen molar-refractivity contribution in [1.29, 1.82) is 0 Å². The second-order valence-corrected chi connectivity index (χ2v) is 5.37. The molecule has 0 amide bonds. The maximum Gasteiger partial charge on any atom is 4.00 e. The molecule has 0 aromatic heterocycles. The summed E-state index contributed by atoms with van der Waals surface area (Å²) >= 11 is 0. The molecule has 16 nitrogen and oxygen atoms in total. The van der Waals surface area contributed by atoms with E-state index in [0.29, 0.717) is 0 Å². The first kappa shape index (κ1) is 44.6. The maximum absolute atomic E-state index is 8.55. The van der Waals surface area contributed by atoms with Gasteiger partial charge < -0.3 is 77.0 Å². The molecule has 0 saturated heterocycles. The Balaban J connectivity index is -0.0000000284. The van der Waals surface area contributed by atoms with E-state index < -0.39 is 31.3 Å². The predicted octanol–water partition coefficient (Wildman–Crippen LogP) is -11.3. The van der Waals surface area contributed by atoms with Crippen molar-refractivity contribution in [3.05, 3.63) is 0 Å². The third-order valence-electron chi connectivity index (χ3n) is 0. The topological polar surface area (TPSA) is 345 Å². The third kappa shape index (κ3) is 2480. The SMILES string of the molecule is O=P([O-])([O-])[O-].O=P([O-])([O-])[O-].O=P([O-])([O-])[O-].O=P([O-])([O-])[O-].[V+4].[V+4].[V+4]. The molecule has 0 fully saturated rings. The molecule has 0 aliphatic rings. The van der Waals surface area contributed by atoms with E-state index in [9.17, 15) is 0 Å². The molecular formula is O16P4V3. The molecule has 0 aromatic rings. The smallest absolute Gasteiger partial charge is 0.822 e. The first-order valence-electron chi connectivity index (χ1n) is 2.92. The van der Waals surface area contributed by atoms with E-state index >= 15 is 0 Å². The molecule has 3 radical (unpaired) electrons. The Morgan fingerprint density at radius 2 is 0.304 bits per heavy atom. The average molecular weight is 533 g/mol. The van der Waals surface area contributed by atoms with Gasteiger partial charge in [-0.2, -0.15) is 31.3 Å². The standard InChI is InChI=1S/4H3O4P.3V/c4*1-5(2,3)4;;;/h4*(H3,1,2,3,4);;;/q;;;;3*+4/p-12. The fraction of sp³-hybridized carbons (Fsp3) is 0. The van der Waals surface area contributed by atoms with E-state index in [1.54, 1.807) is 0 Å². The van der Waals surface area contributed by atoms with Crippen LogP contribution in [0.25, 0.3) is 0 Å². The Kier molecular flexibility index (Phi) is 36.7. The van der Waals surface area contributed by atoms with Crippen molar-refractivity contribution in [3.8, 4) is 0 Å². The van der Waals surface area contributed by atoms with Gasteiger partial charge in [-0.3, -0.25) is 0 Å². The average Bonchev–Trinajstić information content (AvgIpc) is 1.62. The van der Waals surface area contributed by atoms with Gasteiger partial charge in [-0.15, -0.1) is 0 Å². The van der Waals surface area contributed by atoms with E-state index in [4.69, 9.17) is 77.0 Å². The van der Waals surface area contributed by atoms with Crippen molar-refractivity contribution in [1.82, 2.24) is 0 Å². The van der Waals surface area contributed by atoms with Gasteiger partial charge >= 0.3 is 55.7 Å². The number of rotatable bonds is 0. The molecule has 0 aromatic carbocycles. The summed E-state index contributed by atoms with van der Waals surface area (Å²) in [7, 11) is -21.6. The summed E-state index contributed by atoms with van der Waals surface area (Å²) in [6, 6.07) is 0. The van der Waals surface area contributed by atoms with Crippen molar-refractivity contribution in [2.24, 2.45) is 0 Å². The second-order valence-electron chi connectivity index (χ2n) is 1.79. The van der Waals surface area contributed by atoms with Crippen LogP contribution in [-0.4, -0.2) is 0 Å². The molecule has 0 atom stereocenters. The van der Waals surface area contributed by atoms with Crippen LogP contribution in [0.3, 0.4) is 0 Å². The van der Waals surface area contributed by atoms with Crippen molar-refractivity contribution < 1.29 is 133 Å². The summed E-state index contributed by atoms with van der Waals surface area (Å²) in [5.41, 5.74) is 0. The zero-order chi connectivity index (χ0) is 18.0. The van der Waals surface area contributed by atoms with Gasteiger partial charge in [-0.05, 0) is 0 Å². The molecule has 0 unspecified atom stereocenters. The van der Waals surface area contributed by atoms with Crippen LogP contribution in [0.5, 0.6) is 0 Å². The van der Waals surface area contributed by atoms with Gasteiger partial charge in [0.05, 0.1) is 0 Å². The summed E-state index contributed by atoms with van der Waals surface area (Å²) < 4.78 is 34.2. The van der Waals surface area contributed by atoms with Gasteiger partial charge in [0.25, 0.3) is 0 Å². The summed E-state index contributed by atoms with van der Waals surface area (Å²) in [6.45, 7) is 0. The van der Waals surface area contributed by atoms with Crippen LogP contribution in [0.4, 0.5) is 0 Å². The fourth-order valence-electron chi connectivity index (χ4n) is 0. The molecule has 0 saturated carbocycles. The van der Waals surface area contributed by atoms with Gasteiger partial charge in [0, 0.05) is 0 Å². The molecule has 0 aliphatic carbocycles. The van der Waals surface area contributed by atoms with Crippen molar-refractivity contribution >= 4 is 31.3 Å². The van der Waals surface area contributed by atoms with Crippen LogP contribution in [0.15, 0.2) is 0 Å². The second kappa shape index (κ2) is 19.0. The summed E-state index contributed by atoms with van der Waals surface area (Å²) in [5.74, 6) is 0. The number of hydrogen-bond donors (Lipinski definition) is 0. The van der Waals surface area contributed by atoms with Crippen molar-refractivity contribution in [2.75, 3.05) is 0 Å². The molecule has 0 heterocycles. The quantitative estimate of drug-likeness (QED) is 0.261. The molecule has 23 heavy (non-hydrogen) atoms. The normalized spacial score (nSPS) is 10.3. The van der Waals surface area contributed by atoms with Crippen LogP contribution in [0.1, 0.15) is 0 Å². The fourth-order valence-corrected chi connectivity index (χ4v) is 0. The predicted molar refractivity (Wildman–Crippen MR) is 30.4 cm³/mol. The first-order chi connectivity index (χ1) is 8.00. The van der Waals surface area contributed by atoms with Crippen LogP contribution in [0, 0.1) is 0 Å². The zero-order valence-electron chi connectivity index (χ0n) is 9.66. The zero-order valence-corrected chi connectivity index (χ0v) is 17.4. The summed E-state index contributed by atoms with van der Waals surface area (Å²) in [5, 5.41) is 0. The molecule has 0 aliphatic heterocycles. The van der Waals surface area contributed by atoms with Crippen LogP contribution < -0.4 is 58.7 Å². The molecule has 23 heteroatoms. The summed E-state index contributed by atoms with van der Waals surface area (Å²) in [6.07, 6.45) is 0. The minimum absolute atomic E-state index is 0. The van der Waals surface area contributed by atoms with Gasteiger partial charge in [-0.25, -0.2) is 0 Å². The van der Waals surface area contributed by atoms with E-state index in [1.807, 2.05) is 0 Å². The molecule has 0 bridgehead atoms. The molecule has 0 rings (SSSR count). The summed E-state index contributed by atoms with van der Waals surface area (Å²) in [4.78, 5) is 103. The minimum Gasteiger partial charge on any atom is -0.822 e. The van der Waals surface area contributed by atoms with Crippen LogP contribution in [0.2, 0.25) is 0 Å². The number of hydrogen-bond acceptors (Lipinski definition) is 16. The first-order valence-corrected chi connectivity index (χ1v) is 8.76. The molecular weight excluding hydrogens is 533 g/mol. The monoisotopic (exact) mass is 533 g/mol. The molecule has 0 spiro atoms. The van der Waals surface area contributed by atoms with Crippen molar-refractivity contribution in [3.63, 3.8) is 0 Å². The third-order valence-corrected chi connectivity index (χ3v) is 0. The van der Waals surface area contributed by atoms with E-state index in [0.717, 1.165) is 0 Å². The Hall–Kier alpha value is 2.19. The Bertz CT molecular complexity index is 292. The van der Waals surface area contributed by atoms with Crippen molar-refractivity contribution in [2.45, 2.75) is 0 Å². The van der Waals surface area contributed by atoms with E-state index in [1.165, 1.54) is 0 Å². The Labute approximate surface area is 163 Å². The maximum atomic E-state index is 8.55.